The number of hydrogen-bond acceptors (Lipinski definition) is 3. The molecule has 1 atom stereocenters. The number of benzene rings is 1. The molecule has 0 bridgehead atoms. The molecule has 0 spiro atoms. The summed E-state index contributed by atoms with van der Waals surface area (Å²) in [4.78, 5) is 23.9. The highest BCUT2D eigenvalue weighted by Crippen LogP contribution is 2.18. The van der Waals surface area contributed by atoms with Crippen LogP contribution in [0.25, 0.3) is 0 Å². The van der Waals surface area contributed by atoms with E-state index in [2.05, 4.69) is 10.6 Å². The van der Waals surface area contributed by atoms with E-state index in [-0.39, 0.29) is 29.8 Å². The molecule has 1 saturated carbocycles. The summed E-state index contributed by atoms with van der Waals surface area (Å²) in [6.45, 7) is 0.281. The van der Waals surface area contributed by atoms with Crippen molar-refractivity contribution < 1.29 is 9.59 Å². The van der Waals surface area contributed by atoms with E-state index in [0.717, 1.165) is 18.4 Å². The summed E-state index contributed by atoms with van der Waals surface area (Å²) in [7, 11) is 0. The zero-order valence-electron chi connectivity index (χ0n) is 11.7. The summed E-state index contributed by atoms with van der Waals surface area (Å²) < 4.78 is 0. The molecule has 1 aliphatic rings. The second-order valence-electron chi connectivity index (χ2n) is 5.13. The van der Waals surface area contributed by atoms with Gasteiger partial charge in [-0.2, -0.15) is 0 Å². The minimum atomic E-state index is -0.660. The van der Waals surface area contributed by atoms with Crippen molar-refractivity contribution in [1.82, 2.24) is 10.6 Å². The Kier molecular flexibility index (Phi) is 5.27. The van der Waals surface area contributed by atoms with Gasteiger partial charge < -0.3 is 16.4 Å². The highest BCUT2D eigenvalue weighted by Gasteiger charge is 2.24. The van der Waals surface area contributed by atoms with Crippen molar-refractivity contribution in [3.8, 4) is 0 Å². The highest BCUT2D eigenvalue weighted by atomic mass is 32.1. The largest absolute Gasteiger partial charge is 0.392 e. The van der Waals surface area contributed by atoms with Crippen LogP contribution in [0, 0.1) is 0 Å². The zero-order chi connectivity index (χ0) is 15.2. The van der Waals surface area contributed by atoms with Gasteiger partial charge in [0.15, 0.2) is 0 Å². The first-order valence-corrected chi connectivity index (χ1v) is 7.40. The average Bonchev–Trinajstić information content (AvgIpc) is 3.23. The average molecular weight is 305 g/mol. The molecule has 1 fully saturated rings. The SMILES string of the molecule is NC(=S)C(C(=O)NCCC(=O)NC1CC1)c1ccccc1. The van der Waals surface area contributed by atoms with Gasteiger partial charge in [0.1, 0.15) is 5.92 Å². The molecule has 1 aromatic carbocycles. The van der Waals surface area contributed by atoms with E-state index in [1.54, 1.807) is 0 Å². The van der Waals surface area contributed by atoms with Crippen LogP contribution in [0.1, 0.15) is 30.7 Å². The summed E-state index contributed by atoms with van der Waals surface area (Å²) in [5.41, 5.74) is 6.42. The zero-order valence-corrected chi connectivity index (χ0v) is 12.5. The Bertz CT molecular complexity index is 529. The van der Waals surface area contributed by atoms with Crippen LogP contribution >= 0.6 is 12.2 Å². The predicted octanol–water partition coefficient (Wildman–Crippen LogP) is 0.841. The van der Waals surface area contributed by atoms with Gasteiger partial charge in [-0.05, 0) is 18.4 Å². The molecule has 6 heteroatoms. The standard InChI is InChI=1S/C15H19N3O2S/c16-14(21)13(10-4-2-1-3-5-10)15(20)17-9-8-12(19)18-11-6-7-11/h1-5,11,13H,6-9H2,(H2,16,21)(H,17,20)(H,18,19). The fourth-order valence-corrected chi connectivity index (χ4v) is 2.26. The summed E-state index contributed by atoms with van der Waals surface area (Å²) in [6.07, 6.45) is 2.37. The molecule has 0 aliphatic heterocycles. The van der Waals surface area contributed by atoms with Gasteiger partial charge >= 0.3 is 0 Å². The number of amides is 2. The molecular formula is C15H19N3O2S. The first-order valence-electron chi connectivity index (χ1n) is 6.99. The number of carbonyl (C=O) groups is 2. The van der Waals surface area contributed by atoms with E-state index in [9.17, 15) is 9.59 Å². The van der Waals surface area contributed by atoms with Gasteiger partial charge in [-0.1, -0.05) is 42.5 Å². The minimum absolute atomic E-state index is 0.0376. The summed E-state index contributed by atoms with van der Waals surface area (Å²) >= 11 is 4.98. The molecule has 0 heterocycles. The molecule has 21 heavy (non-hydrogen) atoms. The first kappa shape index (κ1) is 15.4. The maximum atomic E-state index is 12.2. The minimum Gasteiger partial charge on any atom is -0.392 e. The summed E-state index contributed by atoms with van der Waals surface area (Å²) in [6, 6.07) is 9.47. The molecule has 1 unspecified atom stereocenters. The maximum absolute atomic E-state index is 12.2. The van der Waals surface area contributed by atoms with Gasteiger partial charge in [0.05, 0.1) is 4.99 Å². The Morgan fingerprint density at radius 2 is 1.95 bits per heavy atom. The van der Waals surface area contributed by atoms with Crippen LogP contribution in [0.2, 0.25) is 0 Å². The van der Waals surface area contributed by atoms with Gasteiger partial charge in [0.25, 0.3) is 0 Å². The molecule has 1 aliphatic carbocycles. The third-order valence-electron chi connectivity index (χ3n) is 3.27. The van der Waals surface area contributed by atoms with Crippen molar-refractivity contribution in [3.63, 3.8) is 0 Å². The third-order valence-corrected chi connectivity index (χ3v) is 3.51. The summed E-state index contributed by atoms with van der Waals surface area (Å²) in [5.74, 6) is -0.968. The fourth-order valence-electron chi connectivity index (χ4n) is 2.02. The van der Waals surface area contributed by atoms with E-state index < -0.39 is 5.92 Å². The molecule has 1 aromatic rings. The monoisotopic (exact) mass is 305 g/mol. The van der Waals surface area contributed by atoms with Gasteiger partial charge in [0, 0.05) is 19.0 Å². The molecule has 2 amide bonds. The molecule has 5 nitrogen and oxygen atoms in total. The van der Waals surface area contributed by atoms with Crippen LogP contribution in [0.3, 0.4) is 0 Å². The Morgan fingerprint density at radius 1 is 1.29 bits per heavy atom. The van der Waals surface area contributed by atoms with Gasteiger partial charge in [-0.15, -0.1) is 0 Å². The predicted molar refractivity (Wildman–Crippen MR) is 84.8 cm³/mol. The van der Waals surface area contributed by atoms with E-state index in [4.69, 9.17) is 18.0 Å². The lowest BCUT2D eigenvalue weighted by atomic mass is 9.98. The highest BCUT2D eigenvalue weighted by molar-refractivity contribution is 7.80. The smallest absolute Gasteiger partial charge is 0.234 e. The Hall–Kier alpha value is -1.95. The Balaban J connectivity index is 1.84. The Labute approximate surface area is 129 Å². The molecular weight excluding hydrogens is 286 g/mol. The molecule has 2 rings (SSSR count). The van der Waals surface area contributed by atoms with Crippen molar-refractivity contribution in [2.75, 3.05) is 6.54 Å². The van der Waals surface area contributed by atoms with Crippen LogP contribution in [0.15, 0.2) is 30.3 Å². The van der Waals surface area contributed by atoms with Crippen molar-refractivity contribution >= 4 is 29.0 Å². The second kappa shape index (κ2) is 7.17. The Morgan fingerprint density at radius 3 is 2.52 bits per heavy atom. The van der Waals surface area contributed by atoms with Crippen LogP contribution in [0.4, 0.5) is 0 Å². The maximum Gasteiger partial charge on any atom is 0.234 e. The van der Waals surface area contributed by atoms with E-state index in [1.807, 2.05) is 30.3 Å². The lowest BCUT2D eigenvalue weighted by molar-refractivity contribution is -0.122. The number of carbonyl (C=O) groups excluding carboxylic acids is 2. The quantitative estimate of drug-likeness (QED) is 0.652. The molecule has 0 saturated heterocycles. The van der Waals surface area contributed by atoms with Crippen molar-refractivity contribution in [1.29, 1.82) is 0 Å². The molecule has 0 aromatic heterocycles. The normalized spacial score (nSPS) is 15.0. The van der Waals surface area contributed by atoms with Gasteiger partial charge in [-0.3, -0.25) is 9.59 Å². The van der Waals surface area contributed by atoms with Crippen molar-refractivity contribution in [2.24, 2.45) is 5.73 Å². The van der Waals surface area contributed by atoms with Crippen LogP contribution in [0.5, 0.6) is 0 Å². The van der Waals surface area contributed by atoms with Crippen LogP contribution < -0.4 is 16.4 Å². The number of rotatable bonds is 7. The fraction of sp³-hybridized carbons (Fsp3) is 0.400. The van der Waals surface area contributed by atoms with Crippen LogP contribution in [-0.4, -0.2) is 29.4 Å². The van der Waals surface area contributed by atoms with Crippen LogP contribution in [-0.2, 0) is 9.59 Å². The topological polar surface area (TPSA) is 84.2 Å². The van der Waals surface area contributed by atoms with Crippen molar-refractivity contribution in [2.45, 2.75) is 31.2 Å². The lowest BCUT2D eigenvalue weighted by Crippen LogP contribution is -2.38. The third kappa shape index (κ3) is 4.82. The molecule has 4 N–H and O–H groups in total. The molecule has 112 valence electrons. The number of nitrogens with one attached hydrogen (secondary N) is 2. The second-order valence-corrected chi connectivity index (χ2v) is 5.60. The van der Waals surface area contributed by atoms with Crippen molar-refractivity contribution in [3.05, 3.63) is 35.9 Å². The molecule has 0 radical (unpaired) electrons. The van der Waals surface area contributed by atoms with E-state index in [0.29, 0.717) is 6.04 Å². The first-order chi connectivity index (χ1) is 10.1. The summed E-state index contributed by atoms with van der Waals surface area (Å²) in [5, 5.41) is 5.59. The number of hydrogen-bond donors (Lipinski definition) is 3. The number of thiocarbonyl (C=S) groups is 1. The number of nitrogens with two attached hydrogens (primary N) is 1. The van der Waals surface area contributed by atoms with Gasteiger partial charge in [-0.25, -0.2) is 0 Å². The van der Waals surface area contributed by atoms with E-state index >= 15 is 0 Å². The lowest BCUT2D eigenvalue weighted by Gasteiger charge is -2.15. The van der Waals surface area contributed by atoms with Gasteiger partial charge in [0.2, 0.25) is 11.8 Å². The van der Waals surface area contributed by atoms with E-state index in [1.165, 1.54) is 0 Å².